The van der Waals surface area contributed by atoms with Gasteiger partial charge in [0, 0.05) is 122 Å². The van der Waals surface area contributed by atoms with E-state index in [-0.39, 0.29) is 113 Å². The quantitative estimate of drug-likeness (QED) is 0.00720. The van der Waals surface area contributed by atoms with Crippen molar-refractivity contribution >= 4 is 81.0 Å². The Hall–Kier alpha value is -9.31. The number of hydrogen-bond acceptors (Lipinski definition) is 31. The van der Waals surface area contributed by atoms with Crippen molar-refractivity contribution in [3.05, 3.63) is 90.1 Å². The lowest BCUT2D eigenvalue weighted by Gasteiger charge is -2.43. The molecule has 4 aliphatic heterocycles. The number of ketones is 1. The Morgan fingerprint density at radius 1 is 0.752 bits per heavy atom. The first-order valence-corrected chi connectivity index (χ1v) is 44.0. The normalized spacial score (nSPS) is 28.3. The van der Waals surface area contributed by atoms with Crippen LogP contribution >= 0.6 is 0 Å². The second-order valence-corrected chi connectivity index (χ2v) is 33.6. The van der Waals surface area contributed by atoms with Crippen LogP contribution in [0, 0.1) is 35.5 Å². The molecule has 5 aromatic rings. The fraction of sp³-hybridized carbons (Fsp3) is 0.652. The summed E-state index contributed by atoms with van der Waals surface area (Å²) in [5, 5.41) is 62.9. The van der Waals surface area contributed by atoms with Crippen molar-refractivity contribution in [3.8, 4) is 11.3 Å². The Morgan fingerprint density at radius 2 is 1.48 bits per heavy atom. The number of methoxy groups -OCH3 is 3. The van der Waals surface area contributed by atoms with E-state index in [0.717, 1.165) is 11.1 Å². The number of ether oxygens (including phenoxy) is 9. The van der Waals surface area contributed by atoms with Crippen molar-refractivity contribution in [2.24, 2.45) is 40.7 Å². The number of aryl methyl sites for hydroxylation is 1. The first-order valence-electron chi connectivity index (χ1n) is 44.0. The van der Waals surface area contributed by atoms with Gasteiger partial charge in [-0.3, -0.25) is 24.0 Å². The van der Waals surface area contributed by atoms with Crippen LogP contribution in [0.5, 0.6) is 0 Å². The highest BCUT2D eigenvalue weighted by atomic mass is 16.6. The predicted octanol–water partition coefficient (Wildman–Crippen LogP) is 6.81. The van der Waals surface area contributed by atoms with E-state index in [9.17, 15) is 49.2 Å². The molecule has 10 N–H and O–H groups in total. The number of nitrogens with two attached hydrogens (primary N) is 2. The van der Waals surface area contributed by atoms with E-state index in [4.69, 9.17) is 68.5 Å². The van der Waals surface area contributed by atoms with Crippen LogP contribution in [-0.2, 0) is 78.0 Å². The molecule has 0 unspecified atom stereocenters. The van der Waals surface area contributed by atoms with Gasteiger partial charge in [0.05, 0.1) is 106 Å². The molecule has 5 aliphatic rings. The molecule has 125 heavy (non-hydrogen) atoms. The molecule has 8 heterocycles. The van der Waals surface area contributed by atoms with Gasteiger partial charge in [-0.15, -0.1) is 0 Å². The van der Waals surface area contributed by atoms with E-state index in [1.807, 2.05) is 75.1 Å². The van der Waals surface area contributed by atoms with Crippen molar-refractivity contribution in [1.29, 1.82) is 0 Å². The number of allylic oxidation sites excluding steroid dienone is 5. The van der Waals surface area contributed by atoms with E-state index < -0.39 is 96.6 Å². The number of carbonyl (C=O) groups is 6. The zero-order valence-electron chi connectivity index (χ0n) is 74.0. The average molecular weight is 1750 g/mol. The molecule has 4 fully saturated rings. The number of Topliss-reactive ketones (excluding diaryl/α,β-unsaturated/α-hetero) is 1. The molecular weight excluding hydrogens is 1620 g/mol. The standard InChI is InChI=1S/C89H131N15O21/c1-55-18-12-11-13-19-56(2)71(115-8)49-65-24-21-61(7)89(114,125-65)81(110)85(112)103-30-16-14-20-67(103)86(113)123-72(58(4)46-62-22-25-68(105)73(47-62)116-9)50-69(106)57(3)45-60(6)79(109)80(117-10)77(59(5)44-55)100-122-53-74(107)92-29-37-119-39-41-121-43-42-120-40-38-118-36-27-75(108)101-32-34-102(35-33-101)88-94-51-64(52-95-88)84(111)93-28-15-17-31-104-83-76(82(90)96-54-97-83)78(99-104)63-23-26-70-66(48-63)98-87(91)124-70/h11-13,18-19,23,26,45,48,51-52,54-55,57-59,61-62,65,67-69,71-73,79-80,105-106,109,114H,14-17,20-22,24-25,27-44,46-47,49-50,53H2,1-10H3,(H2,91,98)(H,92,107)(H,93,111)(H2,90,96,97)/b13-11+,18-12+,56-19+,60-45+,100-77+/t55-,57-,58-,59-,61-,62+,65+,67+,68-,69-,71+,72+,73-,79-,80+,89-/m1/s1. The van der Waals surface area contributed by atoms with Gasteiger partial charge in [-0.2, -0.15) is 10.1 Å². The van der Waals surface area contributed by atoms with Gasteiger partial charge in [0.2, 0.25) is 17.6 Å². The predicted molar refractivity (Wildman–Crippen MR) is 465 cm³/mol. The number of benzene rings is 1. The number of carbonyl (C=O) groups excluding carboxylic acids is 6. The van der Waals surface area contributed by atoms with Gasteiger partial charge in [-0.05, 0) is 138 Å². The number of hydrogen-bond donors (Lipinski definition) is 8. The number of cyclic esters (lactones) is 1. The van der Waals surface area contributed by atoms with E-state index in [0.29, 0.717) is 193 Å². The summed E-state index contributed by atoms with van der Waals surface area (Å²) in [5.74, 6) is -7.43. The fourth-order valence-electron chi connectivity index (χ4n) is 16.9. The summed E-state index contributed by atoms with van der Waals surface area (Å²) in [6, 6.07) is 4.36. The monoisotopic (exact) mass is 1750 g/mol. The van der Waals surface area contributed by atoms with Gasteiger partial charge in [0.15, 0.2) is 17.8 Å². The van der Waals surface area contributed by atoms with Crippen LogP contribution in [-0.4, -0.2) is 293 Å². The minimum absolute atomic E-state index is 0.0211. The number of nitrogens with one attached hydrogen (secondary N) is 2. The number of amides is 4. The average Bonchev–Trinajstić information content (AvgIpc) is 1.73. The van der Waals surface area contributed by atoms with Crippen LogP contribution in [0.3, 0.4) is 0 Å². The highest BCUT2D eigenvalue weighted by molar-refractivity contribution is 6.39. The van der Waals surface area contributed by atoms with Gasteiger partial charge in [-0.1, -0.05) is 76.2 Å². The molecule has 0 spiro atoms. The van der Waals surface area contributed by atoms with Crippen LogP contribution < -0.4 is 27.0 Å². The topological polar surface area (TPSA) is 469 Å². The number of unbranched alkanes of at least 4 members (excludes halogenated alkanes) is 1. The van der Waals surface area contributed by atoms with Gasteiger partial charge in [0.25, 0.3) is 29.5 Å². The number of oxazole rings is 1. The van der Waals surface area contributed by atoms with Crippen LogP contribution in [0.4, 0.5) is 17.8 Å². The minimum atomic E-state index is -2.47. The largest absolute Gasteiger partial charge is 0.460 e. The molecule has 2 bridgehead atoms. The molecule has 688 valence electrons. The van der Waals surface area contributed by atoms with Crippen LogP contribution in [0.15, 0.2) is 94.1 Å². The molecule has 4 amide bonds. The second-order valence-electron chi connectivity index (χ2n) is 33.6. The molecule has 1 saturated carbocycles. The van der Waals surface area contributed by atoms with Crippen molar-refractivity contribution < 1.29 is 101 Å². The Labute approximate surface area is 730 Å². The molecule has 36 nitrogen and oxygen atoms in total. The summed E-state index contributed by atoms with van der Waals surface area (Å²) in [6.45, 7) is 18.0. The first kappa shape index (κ1) is 97.9. The van der Waals surface area contributed by atoms with E-state index >= 15 is 0 Å². The zero-order valence-corrected chi connectivity index (χ0v) is 74.0. The number of oxime groups is 1. The highest BCUT2D eigenvalue weighted by Gasteiger charge is 2.53. The van der Waals surface area contributed by atoms with Crippen molar-refractivity contribution in [1.82, 2.24) is 55.1 Å². The van der Waals surface area contributed by atoms with E-state index in [1.54, 1.807) is 56.7 Å². The maximum atomic E-state index is 14.7. The maximum Gasteiger partial charge on any atom is 0.329 e. The van der Waals surface area contributed by atoms with Crippen molar-refractivity contribution in [3.63, 3.8) is 0 Å². The van der Waals surface area contributed by atoms with Gasteiger partial charge in [0.1, 0.15) is 47.7 Å². The van der Waals surface area contributed by atoms with Gasteiger partial charge >= 0.3 is 5.97 Å². The number of fused-ring (bicyclic) bond motifs is 5. The molecule has 3 saturated heterocycles. The second kappa shape index (κ2) is 48.6. The van der Waals surface area contributed by atoms with E-state index in [2.05, 4.69) is 40.7 Å². The molecule has 1 aliphatic carbocycles. The molecule has 0 radical (unpaired) electrons. The van der Waals surface area contributed by atoms with Crippen LogP contribution in [0.25, 0.3) is 33.4 Å². The summed E-state index contributed by atoms with van der Waals surface area (Å²) in [7, 11) is 4.59. The van der Waals surface area contributed by atoms with Crippen LogP contribution in [0.2, 0.25) is 0 Å². The summed E-state index contributed by atoms with van der Waals surface area (Å²) in [6.07, 6.45) is 16.1. The highest BCUT2D eigenvalue weighted by Crippen LogP contribution is 2.40. The van der Waals surface area contributed by atoms with Gasteiger partial charge in [-0.25, -0.2) is 29.4 Å². The molecule has 36 heteroatoms. The number of piperazine rings is 1. The first-order chi connectivity index (χ1) is 60.2. The third-order valence-electron chi connectivity index (χ3n) is 24.3. The molecule has 4 aromatic heterocycles. The third kappa shape index (κ3) is 27.6. The number of aliphatic hydroxyl groups is 4. The molecular formula is C89H131N15O21. The Balaban J connectivity index is 0.626. The summed E-state index contributed by atoms with van der Waals surface area (Å²) < 4.78 is 60.2. The number of esters is 1. The summed E-state index contributed by atoms with van der Waals surface area (Å²) in [5.41, 5.74) is 17.1. The van der Waals surface area contributed by atoms with Crippen LogP contribution in [0.1, 0.15) is 155 Å². The number of anilines is 3. The number of aromatic nitrogens is 7. The lowest BCUT2D eigenvalue weighted by molar-refractivity contribution is -0.265. The molecule has 16 atom stereocenters. The summed E-state index contributed by atoms with van der Waals surface area (Å²) in [4.78, 5) is 116. The Morgan fingerprint density at radius 3 is 2.20 bits per heavy atom. The fourth-order valence-corrected chi connectivity index (χ4v) is 16.9. The zero-order chi connectivity index (χ0) is 89.7. The van der Waals surface area contributed by atoms with Crippen molar-refractivity contribution in [2.45, 2.75) is 212 Å². The molecule has 10 rings (SSSR count). The minimum Gasteiger partial charge on any atom is -0.460 e. The SMILES string of the molecule is CO[C@H]1C[C@@H]2CC[C@@H](C)[C@@](O)(O2)C(=O)C(=O)N2CCCC[C@H]2C(=O)O[C@H]([C@H](C)C[C@@H]2CC[C@@H](O)[C@H](OC)C2)C[C@@H](O)[C@H](C)/C=C(\C)[C@@H](O)[C@@H](OC)/C(=N/OCC(=O)NCCOCCOCCOCCOCCC(=O)N2CCN(c3ncc(C(=O)NCCCCn4nc(-c5ccc6oc(N)nc6c5)c5c(N)ncnc54)cn3)CC2)[C@H](C)C[C@H](C)/C=C/C=C/C=C/1C. The number of nitrogen functional groups attached to an aromatic ring is 2. The third-order valence-corrected chi connectivity index (χ3v) is 24.3. The lowest BCUT2D eigenvalue weighted by atomic mass is 9.78. The Bertz CT molecular complexity index is 4480. The Kier molecular flexibility index (Phi) is 38.0. The molecule has 1 aromatic carbocycles. The van der Waals surface area contributed by atoms with Gasteiger partial charge < -0.3 is 109 Å². The smallest absolute Gasteiger partial charge is 0.329 e. The number of nitrogens with zero attached hydrogens (tertiary/aromatic N) is 11. The summed E-state index contributed by atoms with van der Waals surface area (Å²) >= 11 is 0. The maximum absolute atomic E-state index is 14.7. The van der Waals surface area contributed by atoms with E-state index in [1.165, 1.54) is 30.7 Å². The number of aliphatic hydroxyl groups excluding tert-OH is 3. The van der Waals surface area contributed by atoms with Crippen molar-refractivity contribution in [2.75, 3.05) is 143 Å². The lowest BCUT2D eigenvalue weighted by Crippen LogP contribution is -2.61. The number of piperidine rings is 1. The number of rotatable bonds is 32.